The molecule has 6 heteroatoms. The minimum absolute atomic E-state index is 0. The Morgan fingerprint density at radius 3 is 3.18 bits per heavy atom. The van der Waals surface area contributed by atoms with E-state index in [-0.39, 0.29) is 24.4 Å². The van der Waals surface area contributed by atoms with Crippen molar-refractivity contribution in [2.24, 2.45) is 0 Å². The number of carbonyl (C=O) groups is 1. The van der Waals surface area contributed by atoms with E-state index in [4.69, 9.17) is 0 Å². The van der Waals surface area contributed by atoms with Crippen molar-refractivity contribution in [3.63, 3.8) is 0 Å². The fourth-order valence-electron chi connectivity index (χ4n) is 1.84. The van der Waals surface area contributed by atoms with Gasteiger partial charge in [-0.25, -0.2) is 4.98 Å². The standard InChI is InChI=1S/C11H17N3OS.ClH/c1-2-4-8-7-16-11(13-8)14-10(15)9-5-3-6-12-9;/h7,9,12H,2-6H2,1H3,(H,13,14,15);1H. The molecule has 0 radical (unpaired) electrons. The summed E-state index contributed by atoms with van der Waals surface area (Å²) in [6, 6.07) is -0.0291. The molecule has 0 aromatic carbocycles. The van der Waals surface area contributed by atoms with Gasteiger partial charge in [0.2, 0.25) is 5.91 Å². The summed E-state index contributed by atoms with van der Waals surface area (Å²) >= 11 is 1.51. The number of amides is 1. The highest BCUT2D eigenvalue weighted by Crippen LogP contribution is 2.17. The molecule has 2 heterocycles. The predicted molar refractivity (Wildman–Crippen MR) is 73.0 cm³/mol. The van der Waals surface area contributed by atoms with Crippen molar-refractivity contribution in [1.29, 1.82) is 0 Å². The molecule has 1 saturated heterocycles. The van der Waals surface area contributed by atoms with Crippen molar-refractivity contribution in [1.82, 2.24) is 10.3 Å². The molecule has 0 bridgehead atoms. The molecular formula is C11H18ClN3OS. The maximum absolute atomic E-state index is 11.8. The SMILES string of the molecule is CCCc1csc(NC(=O)C2CCCN2)n1.Cl. The third-order valence-corrected chi connectivity index (χ3v) is 3.47. The van der Waals surface area contributed by atoms with Crippen molar-refractivity contribution in [2.75, 3.05) is 11.9 Å². The first-order valence-corrected chi connectivity index (χ1v) is 6.66. The van der Waals surface area contributed by atoms with Crippen molar-refractivity contribution in [3.05, 3.63) is 11.1 Å². The summed E-state index contributed by atoms with van der Waals surface area (Å²) in [5.41, 5.74) is 1.07. The predicted octanol–water partition coefficient (Wildman–Crippen LogP) is 2.21. The quantitative estimate of drug-likeness (QED) is 0.886. The lowest BCUT2D eigenvalue weighted by molar-refractivity contribution is -0.117. The van der Waals surface area contributed by atoms with E-state index in [2.05, 4.69) is 22.5 Å². The first-order chi connectivity index (χ1) is 7.79. The largest absolute Gasteiger partial charge is 0.306 e. The Bertz CT molecular complexity index is 363. The zero-order valence-corrected chi connectivity index (χ0v) is 11.5. The van der Waals surface area contributed by atoms with Crippen LogP contribution in [0.2, 0.25) is 0 Å². The Hall–Kier alpha value is -0.650. The Morgan fingerprint density at radius 1 is 1.71 bits per heavy atom. The molecule has 0 spiro atoms. The first-order valence-electron chi connectivity index (χ1n) is 5.78. The van der Waals surface area contributed by atoms with Crippen LogP contribution in [0, 0.1) is 0 Å². The Labute approximate surface area is 112 Å². The monoisotopic (exact) mass is 275 g/mol. The molecule has 4 nitrogen and oxygen atoms in total. The number of anilines is 1. The normalized spacial score (nSPS) is 18.8. The number of hydrogen-bond donors (Lipinski definition) is 2. The first kappa shape index (κ1) is 14.4. The second-order valence-electron chi connectivity index (χ2n) is 4.03. The summed E-state index contributed by atoms with van der Waals surface area (Å²) in [6.45, 7) is 3.07. The molecule has 1 aliphatic heterocycles. The summed E-state index contributed by atoms with van der Waals surface area (Å²) in [5, 5.41) is 8.78. The average molecular weight is 276 g/mol. The van der Waals surface area contributed by atoms with E-state index in [1.807, 2.05) is 5.38 Å². The fourth-order valence-corrected chi connectivity index (χ4v) is 2.58. The third kappa shape index (κ3) is 3.94. The molecule has 1 amide bonds. The van der Waals surface area contributed by atoms with E-state index in [1.165, 1.54) is 11.3 Å². The number of thiazole rings is 1. The number of rotatable bonds is 4. The zero-order valence-electron chi connectivity index (χ0n) is 9.86. The summed E-state index contributed by atoms with van der Waals surface area (Å²) in [6.07, 6.45) is 4.07. The second-order valence-corrected chi connectivity index (χ2v) is 4.89. The van der Waals surface area contributed by atoms with Crippen molar-refractivity contribution >= 4 is 34.8 Å². The highest BCUT2D eigenvalue weighted by Gasteiger charge is 2.22. The molecule has 17 heavy (non-hydrogen) atoms. The van der Waals surface area contributed by atoms with Gasteiger partial charge in [-0.05, 0) is 25.8 Å². The van der Waals surface area contributed by atoms with Gasteiger partial charge in [0.25, 0.3) is 0 Å². The number of nitrogens with one attached hydrogen (secondary N) is 2. The van der Waals surface area contributed by atoms with Crippen LogP contribution in [0.5, 0.6) is 0 Å². The molecule has 1 aromatic rings. The van der Waals surface area contributed by atoms with Gasteiger partial charge in [0.05, 0.1) is 11.7 Å². The number of nitrogens with zero attached hydrogens (tertiary/aromatic N) is 1. The molecule has 1 aliphatic rings. The van der Waals surface area contributed by atoms with Crippen LogP contribution >= 0.6 is 23.7 Å². The van der Waals surface area contributed by atoms with Gasteiger partial charge in [-0.1, -0.05) is 13.3 Å². The lowest BCUT2D eigenvalue weighted by atomic mass is 10.2. The van der Waals surface area contributed by atoms with Gasteiger partial charge in [0, 0.05) is 5.38 Å². The zero-order chi connectivity index (χ0) is 11.4. The molecular weight excluding hydrogens is 258 g/mol. The minimum Gasteiger partial charge on any atom is -0.306 e. The molecule has 2 rings (SSSR count). The van der Waals surface area contributed by atoms with Gasteiger partial charge in [-0.15, -0.1) is 23.7 Å². The third-order valence-electron chi connectivity index (χ3n) is 2.66. The lowest BCUT2D eigenvalue weighted by Gasteiger charge is -2.08. The Morgan fingerprint density at radius 2 is 2.53 bits per heavy atom. The Balaban J connectivity index is 0.00000144. The molecule has 2 N–H and O–H groups in total. The topological polar surface area (TPSA) is 54.0 Å². The average Bonchev–Trinajstić information content (AvgIpc) is 2.89. The molecule has 0 saturated carbocycles. The number of hydrogen-bond acceptors (Lipinski definition) is 4. The Kier molecular flexibility index (Phi) is 5.88. The van der Waals surface area contributed by atoms with Crippen LogP contribution in [-0.4, -0.2) is 23.5 Å². The maximum atomic E-state index is 11.8. The summed E-state index contributed by atoms with van der Waals surface area (Å²) in [4.78, 5) is 16.1. The molecule has 1 fully saturated rings. The molecule has 1 aromatic heterocycles. The molecule has 0 aliphatic carbocycles. The van der Waals surface area contributed by atoms with Crippen LogP contribution in [0.25, 0.3) is 0 Å². The van der Waals surface area contributed by atoms with E-state index < -0.39 is 0 Å². The highest BCUT2D eigenvalue weighted by molar-refractivity contribution is 7.13. The van der Waals surface area contributed by atoms with Crippen LogP contribution in [0.15, 0.2) is 5.38 Å². The number of carbonyl (C=O) groups excluding carboxylic acids is 1. The van der Waals surface area contributed by atoms with Crippen LogP contribution in [0.1, 0.15) is 31.9 Å². The van der Waals surface area contributed by atoms with Gasteiger partial charge >= 0.3 is 0 Å². The number of aromatic nitrogens is 1. The van der Waals surface area contributed by atoms with E-state index >= 15 is 0 Å². The molecule has 1 atom stereocenters. The lowest BCUT2D eigenvalue weighted by Crippen LogP contribution is -2.35. The smallest absolute Gasteiger partial charge is 0.243 e. The van der Waals surface area contributed by atoms with Crippen molar-refractivity contribution < 1.29 is 4.79 Å². The van der Waals surface area contributed by atoms with Crippen molar-refractivity contribution in [2.45, 2.75) is 38.6 Å². The summed E-state index contributed by atoms with van der Waals surface area (Å²) in [5.74, 6) is 0.0508. The van der Waals surface area contributed by atoms with Crippen LogP contribution in [0.4, 0.5) is 5.13 Å². The minimum atomic E-state index is -0.0291. The fraction of sp³-hybridized carbons (Fsp3) is 0.636. The van der Waals surface area contributed by atoms with E-state index in [0.717, 1.165) is 43.1 Å². The maximum Gasteiger partial charge on any atom is 0.243 e. The summed E-state index contributed by atoms with van der Waals surface area (Å²) in [7, 11) is 0. The van der Waals surface area contributed by atoms with Gasteiger partial charge in [0.15, 0.2) is 5.13 Å². The van der Waals surface area contributed by atoms with Crippen LogP contribution in [-0.2, 0) is 11.2 Å². The van der Waals surface area contributed by atoms with Gasteiger partial charge in [-0.3, -0.25) is 4.79 Å². The molecule has 96 valence electrons. The second kappa shape index (κ2) is 6.93. The number of aryl methyl sites for hydroxylation is 1. The van der Waals surface area contributed by atoms with E-state index in [9.17, 15) is 4.79 Å². The van der Waals surface area contributed by atoms with Crippen LogP contribution in [0.3, 0.4) is 0 Å². The number of halogens is 1. The molecule has 1 unspecified atom stereocenters. The van der Waals surface area contributed by atoms with Gasteiger partial charge in [-0.2, -0.15) is 0 Å². The van der Waals surface area contributed by atoms with Crippen molar-refractivity contribution in [3.8, 4) is 0 Å². The van der Waals surface area contributed by atoms with E-state index in [1.54, 1.807) is 0 Å². The summed E-state index contributed by atoms with van der Waals surface area (Å²) < 4.78 is 0. The van der Waals surface area contributed by atoms with Gasteiger partial charge in [0.1, 0.15) is 0 Å². The van der Waals surface area contributed by atoms with E-state index in [0.29, 0.717) is 0 Å². The highest BCUT2D eigenvalue weighted by atomic mass is 35.5. The van der Waals surface area contributed by atoms with Gasteiger partial charge < -0.3 is 10.6 Å². The van der Waals surface area contributed by atoms with Crippen LogP contribution < -0.4 is 10.6 Å².